The van der Waals surface area contributed by atoms with Crippen LogP contribution in [0.1, 0.15) is 25.7 Å². The first-order valence-electron chi connectivity index (χ1n) is 8.02. The Bertz CT molecular complexity index is 776. The molecule has 0 aromatic heterocycles. The molecule has 134 valence electrons. The van der Waals surface area contributed by atoms with Crippen LogP contribution in [0, 0.1) is 5.92 Å². The van der Waals surface area contributed by atoms with E-state index in [2.05, 4.69) is 0 Å². The lowest BCUT2D eigenvalue weighted by atomic mass is 10.0. The number of imide groups is 1. The van der Waals surface area contributed by atoms with E-state index in [4.69, 9.17) is 4.84 Å². The topological polar surface area (TPSA) is 101 Å². The molecule has 2 heterocycles. The number of rotatable bonds is 4. The van der Waals surface area contributed by atoms with Crippen LogP contribution in [0.25, 0.3) is 0 Å². The van der Waals surface area contributed by atoms with Gasteiger partial charge in [-0.3, -0.25) is 9.59 Å². The highest BCUT2D eigenvalue weighted by atomic mass is 32.2. The largest absolute Gasteiger partial charge is 0.337 e. The lowest BCUT2D eigenvalue weighted by Gasteiger charge is -2.31. The normalized spacial score (nSPS) is 22.2. The summed E-state index contributed by atoms with van der Waals surface area (Å²) in [6, 6.07) is 7.98. The first-order valence-corrected chi connectivity index (χ1v) is 9.46. The molecule has 1 aromatic rings. The van der Waals surface area contributed by atoms with Gasteiger partial charge in [0.05, 0.1) is 10.8 Å². The van der Waals surface area contributed by atoms with Crippen LogP contribution in [0.4, 0.5) is 0 Å². The standard InChI is InChI=1S/C16H18N2O6S/c19-14-8-9-15(20)18(14)24-16(21)12-5-4-10-17(11-12)25(22,23)13-6-2-1-3-7-13/h1-3,6-7,12H,4-5,8-11H2/t12-/m0/s1. The number of hydrogen-bond donors (Lipinski definition) is 0. The molecule has 9 heteroatoms. The Morgan fingerprint density at radius 3 is 2.36 bits per heavy atom. The minimum atomic E-state index is -3.70. The third-order valence-corrected chi connectivity index (χ3v) is 6.16. The monoisotopic (exact) mass is 366 g/mol. The Morgan fingerprint density at radius 2 is 1.72 bits per heavy atom. The molecule has 2 fully saturated rings. The minimum absolute atomic E-state index is 0.0191. The maximum atomic E-state index is 12.7. The first-order chi connectivity index (χ1) is 11.9. The van der Waals surface area contributed by atoms with E-state index in [-0.39, 0.29) is 24.3 Å². The number of nitrogens with zero attached hydrogens (tertiary/aromatic N) is 2. The molecule has 0 bridgehead atoms. The number of hydroxylamine groups is 2. The zero-order valence-electron chi connectivity index (χ0n) is 13.5. The fourth-order valence-electron chi connectivity index (χ4n) is 2.92. The molecule has 2 aliphatic heterocycles. The summed E-state index contributed by atoms with van der Waals surface area (Å²) >= 11 is 0. The number of amides is 2. The van der Waals surface area contributed by atoms with Crippen molar-refractivity contribution in [2.24, 2.45) is 5.92 Å². The zero-order valence-corrected chi connectivity index (χ0v) is 14.3. The summed E-state index contributed by atoms with van der Waals surface area (Å²) in [4.78, 5) is 40.4. The number of sulfonamides is 1. The van der Waals surface area contributed by atoms with Gasteiger partial charge in [-0.15, -0.1) is 5.06 Å². The fourth-order valence-corrected chi connectivity index (χ4v) is 4.46. The van der Waals surface area contributed by atoms with Gasteiger partial charge in [0.1, 0.15) is 0 Å². The van der Waals surface area contributed by atoms with Crippen molar-refractivity contribution in [3.05, 3.63) is 30.3 Å². The molecule has 0 aliphatic carbocycles. The molecule has 8 nitrogen and oxygen atoms in total. The summed E-state index contributed by atoms with van der Waals surface area (Å²) in [6.07, 6.45) is 0.972. The molecule has 1 atom stereocenters. The smallest absolute Gasteiger partial charge is 0.330 e. The van der Waals surface area contributed by atoms with E-state index in [9.17, 15) is 22.8 Å². The van der Waals surface area contributed by atoms with E-state index in [0.717, 1.165) is 0 Å². The lowest BCUT2D eigenvalue weighted by molar-refractivity contribution is -0.201. The third-order valence-electron chi connectivity index (χ3n) is 4.29. The van der Waals surface area contributed by atoms with Crippen LogP contribution in [0.15, 0.2) is 35.2 Å². The number of carbonyl (C=O) groups is 3. The molecule has 2 saturated heterocycles. The second kappa shape index (κ2) is 6.93. The van der Waals surface area contributed by atoms with Crippen molar-refractivity contribution in [3.8, 4) is 0 Å². The van der Waals surface area contributed by atoms with Gasteiger partial charge >= 0.3 is 5.97 Å². The maximum absolute atomic E-state index is 12.7. The molecular weight excluding hydrogens is 348 g/mol. The van der Waals surface area contributed by atoms with Gasteiger partial charge in [0.15, 0.2) is 0 Å². The summed E-state index contributed by atoms with van der Waals surface area (Å²) in [5.74, 6) is -2.57. The van der Waals surface area contributed by atoms with E-state index in [1.807, 2.05) is 0 Å². The summed E-state index contributed by atoms with van der Waals surface area (Å²) in [6.45, 7) is 0.273. The van der Waals surface area contributed by atoms with Gasteiger partial charge in [0.25, 0.3) is 11.8 Å². The molecule has 0 N–H and O–H groups in total. The molecule has 3 rings (SSSR count). The van der Waals surface area contributed by atoms with Gasteiger partial charge in [-0.05, 0) is 25.0 Å². The van der Waals surface area contributed by atoms with E-state index >= 15 is 0 Å². The Balaban J connectivity index is 1.70. The van der Waals surface area contributed by atoms with Crippen LogP contribution in [0.5, 0.6) is 0 Å². The predicted molar refractivity (Wildman–Crippen MR) is 85.1 cm³/mol. The molecule has 0 spiro atoms. The number of benzene rings is 1. The van der Waals surface area contributed by atoms with Crippen molar-refractivity contribution in [1.82, 2.24) is 9.37 Å². The molecule has 0 saturated carbocycles. The quantitative estimate of drug-likeness (QED) is 0.727. The summed E-state index contributed by atoms with van der Waals surface area (Å²) in [7, 11) is -3.70. The number of carbonyl (C=O) groups excluding carboxylic acids is 3. The summed E-state index contributed by atoms with van der Waals surface area (Å²) in [5.41, 5.74) is 0. The van der Waals surface area contributed by atoms with Crippen LogP contribution in [0.2, 0.25) is 0 Å². The van der Waals surface area contributed by atoms with E-state index in [1.54, 1.807) is 18.2 Å². The summed E-state index contributed by atoms with van der Waals surface area (Å²) < 4.78 is 26.6. The van der Waals surface area contributed by atoms with Crippen molar-refractivity contribution in [1.29, 1.82) is 0 Å². The summed E-state index contributed by atoms with van der Waals surface area (Å²) in [5, 5.41) is 0.493. The van der Waals surface area contributed by atoms with Gasteiger partial charge < -0.3 is 4.84 Å². The average molecular weight is 366 g/mol. The van der Waals surface area contributed by atoms with Gasteiger partial charge in [0.2, 0.25) is 10.0 Å². The minimum Gasteiger partial charge on any atom is -0.330 e. The second-order valence-electron chi connectivity index (χ2n) is 6.01. The molecule has 25 heavy (non-hydrogen) atoms. The van der Waals surface area contributed by atoms with E-state index in [1.165, 1.54) is 16.4 Å². The maximum Gasteiger partial charge on any atom is 0.337 e. The fraction of sp³-hybridized carbons (Fsp3) is 0.438. The van der Waals surface area contributed by atoms with Crippen molar-refractivity contribution in [2.45, 2.75) is 30.6 Å². The average Bonchev–Trinajstić information content (AvgIpc) is 2.94. The van der Waals surface area contributed by atoms with Crippen molar-refractivity contribution < 1.29 is 27.6 Å². The van der Waals surface area contributed by atoms with Crippen LogP contribution < -0.4 is 0 Å². The highest BCUT2D eigenvalue weighted by Gasteiger charge is 2.38. The van der Waals surface area contributed by atoms with Gasteiger partial charge in [-0.2, -0.15) is 4.31 Å². The first kappa shape index (κ1) is 17.6. The van der Waals surface area contributed by atoms with Crippen LogP contribution in [0.3, 0.4) is 0 Å². The molecular formula is C16H18N2O6S. The van der Waals surface area contributed by atoms with Crippen LogP contribution in [-0.4, -0.2) is 48.7 Å². The SMILES string of the molecule is O=C(ON1C(=O)CCC1=O)[C@H]1CCCN(S(=O)(=O)c2ccccc2)C1. The van der Waals surface area contributed by atoms with Crippen molar-refractivity contribution in [2.75, 3.05) is 13.1 Å². The predicted octanol–water partition coefficient (Wildman–Crippen LogP) is 0.694. The van der Waals surface area contributed by atoms with E-state index < -0.39 is 33.7 Å². The van der Waals surface area contributed by atoms with Crippen molar-refractivity contribution >= 4 is 27.8 Å². The second-order valence-corrected chi connectivity index (χ2v) is 7.95. The van der Waals surface area contributed by atoms with Crippen LogP contribution >= 0.6 is 0 Å². The molecule has 0 unspecified atom stereocenters. The Morgan fingerprint density at radius 1 is 1.08 bits per heavy atom. The number of piperidine rings is 1. The van der Waals surface area contributed by atoms with Gasteiger partial charge in [-0.25, -0.2) is 13.2 Å². The molecule has 2 amide bonds. The molecule has 2 aliphatic rings. The molecule has 0 radical (unpaired) electrons. The lowest BCUT2D eigenvalue weighted by Crippen LogP contribution is -2.44. The van der Waals surface area contributed by atoms with Gasteiger partial charge in [0, 0.05) is 25.9 Å². The van der Waals surface area contributed by atoms with Gasteiger partial charge in [-0.1, -0.05) is 18.2 Å². The van der Waals surface area contributed by atoms with Crippen LogP contribution in [-0.2, 0) is 29.2 Å². The Labute approximate surface area is 145 Å². The highest BCUT2D eigenvalue weighted by molar-refractivity contribution is 7.89. The zero-order chi connectivity index (χ0) is 18.0. The molecule has 1 aromatic carbocycles. The Kier molecular flexibility index (Phi) is 4.87. The third kappa shape index (κ3) is 3.57. The highest BCUT2D eigenvalue weighted by Crippen LogP contribution is 2.25. The Hall–Kier alpha value is -2.26. The van der Waals surface area contributed by atoms with Crippen molar-refractivity contribution in [3.63, 3.8) is 0 Å². The number of hydrogen-bond acceptors (Lipinski definition) is 6. The van der Waals surface area contributed by atoms with E-state index in [0.29, 0.717) is 24.4 Å².